The SMILES string of the molecule is Cn1c(N(CC2CCNCC2)C2CC2)nc2ccccc21. The predicted molar refractivity (Wildman–Crippen MR) is 86.7 cm³/mol. The number of para-hydroxylation sites is 2. The Kier molecular flexibility index (Phi) is 3.34. The summed E-state index contributed by atoms with van der Waals surface area (Å²) in [5.74, 6) is 1.98. The first-order valence-corrected chi connectivity index (χ1v) is 8.22. The summed E-state index contributed by atoms with van der Waals surface area (Å²) in [4.78, 5) is 7.49. The van der Waals surface area contributed by atoms with Gasteiger partial charge in [0, 0.05) is 19.6 Å². The lowest BCUT2D eigenvalue weighted by atomic mass is 9.97. The molecular formula is C17H24N4. The first-order chi connectivity index (χ1) is 10.3. The zero-order chi connectivity index (χ0) is 14.2. The van der Waals surface area contributed by atoms with E-state index in [0.717, 1.165) is 23.4 Å². The number of hydrogen-bond donors (Lipinski definition) is 1. The average molecular weight is 284 g/mol. The van der Waals surface area contributed by atoms with Crippen LogP contribution in [0.15, 0.2) is 24.3 Å². The molecule has 1 aliphatic carbocycles. The molecule has 112 valence electrons. The minimum absolute atomic E-state index is 0.718. The van der Waals surface area contributed by atoms with Gasteiger partial charge in [0.15, 0.2) is 0 Å². The molecule has 1 saturated heterocycles. The van der Waals surface area contributed by atoms with Crippen LogP contribution in [0.2, 0.25) is 0 Å². The van der Waals surface area contributed by atoms with Gasteiger partial charge in [-0.3, -0.25) is 0 Å². The summed E-state index contributed by atoms with van der Waals surface area (Å²) in [5, 5.41) is 3.47. The molecule has 0 atom stereocenters. The first-order valence-electron chi connectivity index (χ1n) is 8.22. The molecule has 2 aliphatic rings. The second-order valence-electron chi connectivity index (χ2n) is 6.54. The molecule has 2 aromatic rings. The lowest BCUT2D eigenvalue weighted by Crippen LogP contribution is -2.38. The van der Waals surface area contributed by atoms with Crippen LogP contribution in [0.3, 0.4) is 0 Å². The smallest absolute Gasteiger partial charge is 0.206 e. The van der Waals surface area contributed by atoms with Crippen molar-refractivity contribution in [3.8, 4) is 0 Å². The van der Waals surface area contributed by atoms with Crippen LogP contribution in [0, 0.1) is 5.92 Å². The minimum atomic E-state index is 0.718. The van der Waals surface area contributed by atoms with Crippen LogP contribution in [0.25, 0.3) is 11.0 Å². The van der Waals surface area contributed by atoms with Gasteiger partial charge in [0.1, 0.15) is 0 Å². The standard InChI is InChI=1S/C17H24N4/c1-20-16-5-3-2-4-15(16)19-17(20)21(14-6-7-14)12-13-8-10-18-11-9-13/h2-5,13-14,18H,6-12H2,1H3. The fourth-order valence-electron chi connectivity index (χ4n) is 3.51. The maximum absolute atomic E-state index is 4.91. The molecule has 1 N–H and O–H groups in total. The van der Waals surface area contributed by atoms with E-state index in [9.17, 15) is 0 Å². The quantitative estimate of drug-likeness (QED) is 0.936. The van der Waals surface area contributed by atoms with E-state index >= 15 is 0 Å². The Labute approximate surface area is 126 Å². The van der Waals surface area contributed by atoms with Gasteiger partial charge in [-0.1, -0.05) is 12.1 Å². The number of hydrogen-bond acceptors (Lipinski definition) is 3. The molecule has 0 amide bonds. The van der Waals surface area contributed by atoms with Crippen LogP contribution in [0.5, 0.6) is 0 Å². The number of piperidine rings is 1. The van der Waals surface area contributed by atoms with E-state index in [1.54, 1.807) is 0 Å². The highest BCUT2D eigenvalue weighted by molar-refractivity contribution is 5.78. The molecule has 2 heterocycles. The predicted octanol–water partition coefficient (Wildman–Crippen LogP) is 2.54. The van der Waals surface area contributed by atoms with Crippen molar-refractivity contribution >= 4 is 17.0 Å². The normalized spacial score (nSPS) is 20.0. The van der Waals surface area contributed by atoms with Gasteiger partial charge in [0.25, 0.3) is 0 Å². The van der Waals surface area contributed by atoms with E-state index in [1.807, 2.05) is 0 Å². The molecule has 0 bridgehead atoms. The summed E-state index contributed by atoms with van der Waals surface area (Å²) >= 11 is 0. The van der Waals surface area contributed by atoms with E-state index < -0.39 is 0 Å². The Balaban J connectivity index is 1.64. The Morgan fingerprint density at radius 1 is 1.19 bits per heavy atom. The largest absolute Gasteiger partial charge is 0.339 e. The summed E-state index contributed by atoms with van der Waals surface area (Å²) in [6.07, 6.45) is 5.25. The highest BCUT2D eigenvalue weighted by Gasteiger charge is 2.33. The molecule has 21 heavy (non-hydrogen) atoms. The Hall–Kier alpha value is -1.55. The fraction of sp³-hybridized carbons (Fsp3) is 0.588. The van der Waals surface area contributed by atoms with E-state index in [2.05, 4.69) is 46.1 Å². The molecule has 1 aromatic heterocycles. The third-order valence-electron chi connectivity index (χ3n) is 4.92. The molecule has 0 spiro atoms. The van der Waals surface area contributed by atoms with Crippen molar-refractivity contribution in [1.82, 2.24) is 14.9 Å². The molecule has 1 saturated carbocycles. The van der Waals surface area contributed by atoms with Gasteiger partial charge in [-0.15, -0.1) is 0 Å². The van der Waals surface area contributed by atoms with E-state index in [-0.39, 0.29) is 0 Å². The molecule has 4 rings (SSSR count). The number of nitrogens with one attached hydrogen (secondary N) is 1. The number of aryl methyl sites for hydroxylation is 1. The fourth-order valence-corrected chi connectivity index (χ4v) is 3.51. The van der Waals surface area contributed by atoms with Crippen molar-refractivity contribution in [2.45, 2.75) is 31.7 Å². The van der Waals surface area contributed by atoms with Gasteiger partial charge >= 0.3 is 0 Å². The summed E-state index contributed by atoms with van der Waals surface area (Å²) in [5.41, 5.74) is 2.36. The molecule has 4 nitrogen and oxygen atoms in total. The summed E-state index contributed by atoms with van der Waals surface area (Å²) in [6.45, 7) is 3.51. The molecule has 0 unspecified atom stereocenters. The molecule has 0 radical (unpaired) electrons. The molecule has 2 fully saturated rings. The summed E-state index contributed by atoms with van der Waals surface area (Å²) in [6, 6.07) is 9.18. The van der Waals surface area contributed by atoms with Crippen LogP contribution in [-0.4, -0.2) is 35.2 Å². The Morgan fingerprint density at radius 3 is 2.67 bits per heavy atom. The highest BCUT2D eigenvalue weighted by Crippen LogP contribution is 2.34. The number of benzene rings is 1. The molecule has 1 aliphatic heterocycles. The van der Waals surface area contributed by atoms with Gasteiger partial charge in [-0.05, 0) is 56.8 Å². The number of nitrogens with zero attached hydrogens (tertiary/aromatic N) is 3. The monoisotopic (exact) mass is 284 g/mol. The zero-order valence-electron chi connectivity index (χ0n) is 12.8. The maximum atomic E-state index is 4.91. The Bertz CT molecular complexity index is 623. The van der Waals surface area contributed by atoms with Crippen LogP contribution in [0.4, 0.5) is 5.95 Å². The van der Waals surface area contributed by atoms with Crippen molar-refractivity contribution in [2.75, 3.05) is 24.5 Å². The number of fused-ring (bicyclic) bond motifs is 1. The van der Waals surface area contributed by atoms with Crippen LogP contribution in [0.1, 0.15) is 25.7 Å². The van der Waals surface area contributed by atoms with E-state index in [0.29, 0.717) is 0 Å². The highest BCUT2D eigenvalue weighted by atomic mass is 15.3. The van der Waals surface area contributed by atoms with Crippen molar-refractivity contribution < 1.29 is 0 Å². The topological polar surface area (TPSA) is 33.1 Å². The van der Waals surface area contributed by atoms with Crippen molar-refractivity contribution in [3.05, 3.63) is 24.3 Å². The van der Waals surface area contributed by atoms with Crippen molar-refractivity contribution in [2.24, 2.45) is 13.0 Å². The van der Waals surface area contributed by atoms with Crippen molar-refractivity contribution in [3.63, 3.8) is 0 Å². The number of imidazole rings is 1. The van der Waals surface area contributed by atoms with Crippen LogP contribution in [-0.2, 0) is 7.05 Å². The molecular weight excluding hydrogens is 260 g/mol. The summed E-state index contributed by atoms with van der Waals surface area (Å²) < 4.78 is 2.27. The van der Waals surface area contributed by atoms with Gasteiger partial charge < -0.3 is 14.8 Å². The van der Waals surface area contributed by atoms with Crippen LogP contribution >= 0.6 is 0 Å². The summed E-state index contributed by atoms with van der Waals surface area (Å²) in [7, 11) is 2.16. The van der Waals surface area contributed by atoms with Gasteiger partial charge in [-0.25, -0.2) is 4.98 Å². The molecule has 4 heteroatoms. The maximum Gasteiger partial charge on any atom is 0.206 e. The lowest BCUT2D eigenvalue weighted by Gasteiger charge is -2.31. The number of rotatable bonds is 4. The second-order valence-corrected chi connectivity index (χ2v) is 6.54. The number of anilines is 1. The Morgan fingerprint density at radius 2 is 1.95 bits per heavy atom. The minimum Gasteiger partial charge on any atom is -0.339 e. The first kappa shape index (κ1) is 13.1. The zero-order valence-corrected chi connectivity index (χ0v) is 12.8. The van der Waals surface area contributed by atoms with Crippen LogP contribution < -0.4 is 10.2 Å². The second kappa shape index (κ2) is 5.34. The third kappa shape index (κ3) is 2.53. The average Bonchev–Trinajstić information content (AvgIpc) is 3.31. The third-order valence-corrected chi connectivity index (χ3v) is 4.92. The molecule has 1 aromatic carbocycles. The van der Waals surface area contributed by atoms with E-state index in [1.165, 1.54) is 50.8 Å². The number of aromatic nitrogens is 2. The lowest BCUT2D eigenvalue weighted by molar-refractivity contribution is 0.370. The van der Waals surface area contributed by atoms with Gasteiger partial charge in [0.05, 0.1) is 11.0 Å². The van der Waals surface area contributed by atoms with Crippen molar-refractivity contribution in [1.29, 1.82) is 0 Å². The van der Waals surface area contributed by atoms with E-state index in [4.69, 9.17) is 4.98 Å². The van der Waals surface area contributed by atoms with Gasteiger partial charge in [-0.2, -0.15) is 0 Å². The van der Waals surface area contributed by atoms with Gasteiger partial charge in [0.2, 0.25) is 5.95 Å².